The van der Waals surface area contributed by atoms with Gasteiger partial charge in [0.1, 0.15) is 35.2 Å². The van der Waals surface area contributed by atoms with E-state index in [1.54, 1.807) is 67.8 Å². The highest BCUT2D eigenvalue weighted by Gasteiger charge is 2.19. The molecule has 174 valence electrons. The van der Waals surface area contributed by atoms with Gasteiger partial charge in [-0.1, -0.05) is 42.5 Å². The van der Waals surface area contributed by atoms with Crippen LogP contribution < -0.4 is 19.8 Å². The van der Waals surface area contributed by atoms with Crippen LogP contribution in [0.2, 0.25) is 0 Å². The first kappa shape index (κ1) is 22.1. The van der Waals surface area contributed by atoms with Crippen molar-refractivity contribution in [2.24, 2.45) is 0 Å². The number of ether oxygens (including phenoxy) is 3. The van der Waals surface area contributed by atoms with Gasteiger partial charge in [0.25, 0.3) is 0 Å². The lowest BCUT2D eigenvalue weighted by molar-refractivity contribution is 0.305. The fourth-order valence-corrected chi connectivity index (χ4v) is 3.76. The third-order valence-electron chi connectivity index (χ3n) is 5.52. The summed E-state index contributed by atoms with van der Waals surface area (Å²) in [6, 6.07) is 28.7. The zero-order chi connectivity index (χ0) is 24.2. The van der Waals surface area contributed by atoms with Crippen LogP contribution in [0.15, 0.2) is 106 Å². The molecular formula is C29H22O6. The first-order valence-electron chi connectivity index (χ1n) is 11.0. The molecule has 0 aliphatic heterocycles. The fourth-order valence-electron chi connectivity index (χ4n) is 3.76. The molecule has 1 heterocycles. The number of fused-ring (bicyclic) bond motifs is 1. The molecule has 0 saturated carbocycles. The topological polar surface area (TPSA) is 78.1 Å². The Labute approximate surface area is 201 Å². The molecular weight excluding hydrogens is 444 g/mol. The number of methoxy groups -OCH3 is 1. The summed E-state index contributed by atoms with van der Waals surface area (Å²) in [6.45, 7) is 0.448. The summed E-state index contributed by atoms with van der Waals surface area (Å²) in [5.74, 6) is 1.87. The van der Waals surface area contributed by atoms with Crippen LogP contribution in [0.1, 0.15) is 5.56 Å². The predicted octanol–water partition coefficient (Wildman–Crippen LogP) is 6.55. The highest BCUT2D eigenvalue weighted by atomic mass is 16.5. The van der Waals surface area contributed by atoms with Crippen molar-refractivity contribution in [2.45, 2.75) is 6.61 Å². The molecule has 0 spiro atoms. The summed E-state index contributed by atoms with van der Waals surface area (Å²) < 4.78 is 22.7. The van der Waals surface area contributed by atoms with Crippen molar-refractivity contribution in [1.82, 2.24) is 0 Å². The smallest absolute Gasteiger partial charge is 0.380 e. The van der Waals surface area contributed by atoms with Crippen molar-refractivity contribution in [3.8, 4) is 39.9 Å². The average Bonchev–Trinajstić information content (AvgIpc) is 2.89. The molecule has 4 aromatic carbocycles. The number of phenols is 1. The molecule has 0 saturated heterocycles. The van der Waals surface area contributed by atoms with Crippen molar-refractivity contribution in [2.75, 3.05) is 7.11 Å². The highest BCUT2D eigenvalue weighted by molar-refractivity contribution is 5.97. The standard InChI is InChI=1S/C29H22O6/c1-32-24-15-16-25-26(17-24)35-29(31)28(27(25)20-7-9-21(30)10-8-20)34-23-13-11-22(12-14-23)33-18-19-5-3-2-4-6-19/h2-17,30H,18H2,1H3. The third-order valence-corrected chi connectivity index (χ3v) is 5.52. The van der Waals surface area contributed by atoms with Gasteiger partial charge in [-0.15, -0.1) is 0 Å². The van der Waals surface area contributed by atoms with E-state index < -0.39 is 5.63 Å². The summed E-state index contributed by atoms with van der Waals surface area (Å²) >= 11 is 0. The quantitative estimate of drug-likeness (QED) is 0.274. The molecule has 0 unspecified atom stereocenters. The van der Waals surface area contributed by atoms with Gasteiger partial charge in [-0.25, -0.2) is 4.79 Å². The van der Waals surface area contributed by atoms with Crippen LogP contribution in [0, 0.1) is 0 Å². The van der Waals surface area contributed by atoms with Gasteiger partial charge in [0.2, 0.25) is 5.75 Å². The Bertz CT molecular complexity index is 1500. The normalized spacial score (nSPS) is 10.8. The van der Waals surface area contributed by atoms with Gasteiger partial charge < -0.3 is 23.7 Å². The minimum Gasteiger partial charge on any atom is -0.508 e. The van der Waals surface area contributed by atoms with E-state index in [-0.39, 0.29) is 11.5 Å². The second kappa shape index (κ2) is 9.65. The van der Waals surface area contributed by atoms with E-state index in [9.17, 15) is 9.90 Å². The van der Waals surface area contributed by atoms with Crippen molar-refractivity contribution in [3.05, 3.63) is 113 Å². The third kappa shape index (κ3) is 4.82. The van der Waals surface area contributed by atoms with E-state index >= 15 is 0 Å². The van der Waals surface area contributed by atoms with Gasteiger partial charge in [0.05, 0.1) is 7.11 Å². The van der Waals surface area contributed by atoms with Crippen LogP contribution in [0.5, 0.6) is 28.7 Å². The van der Waals surface area contributed by atoms with E-state index in [4.69, 9.17) is 18.6 Å². The number of rotatable bonds is 7. The summed E-state index contributed by atoms with van der Waals surface area (Å²) in [4.78, 5) is 13.0. The van der Waals surface area contributed by atoms with Crippen LogP contribution in [-0.4, -0.2) is 12.2 Å². The molecule has 0 fully saturated rings. The molecule has 0 amide bonds. The molecule has 0 aliphatic rings. The Kier molecular flexibility index (Phi) is 6.09. The summed E-state index contributed by atoms with van der Waals surface area (Å²) in [5, 5.41) is 10.4. The molecule has 1 aromatic heterocycles. The van der Waals surface area contributed by atoms with Gasteiger partial charge in [-0.3, -0.25) is 0 Å². The lowest BCUT2D eigenvalue weighted by Crippen LogP contribution is -2.06. The lowest BCUT2D eigenvalue weighted by atomic mass is 10.0. The number of hydrogen-bond acceptors (Lipinski definition) is 6. The van der Waals surface area contributed by atoms with Gasteiger partial charge in [0, 0.05) is 17.0 Å². The SMILES string of the molecule is COc1ccc2c(-c3ccc(O)cc3)c(Oc3ccc(OCc4ccccc4)cc3)c(=O)oc2c1. The monoisotopic (exact) mass is 466 g/mol. The van der Waals surface area contributed by atoms with Crippen LogP contribution >= 0.6 is 0 Å². The maximum absolute atomic E-state index is 13.0. The Balaban J connectivity index is 1.49. The Morgan fingerprint density at radius 2 is 1.49 bits per heavy atom. The number of phenolic OH excluding ortho intramolecular Hbond substituents is 1. The second-order valence-corrected chi connectivity index (χ2v) is 7.85. The first-order chi connectivity index (χ1) is 17.1. The van der Waals surface area contributed by atoms with Gasteiger partial charge in [-0.05, 0) is 59.7 Å². The highest BCUT2D eigenvalue weighted by Crippen LogP contribution is 2.38. The summed E-state index contributed by atoms with van der Waals surface area (Å²) in [7, 11) is 1.55. The molecule has 6 heteroatoms. The second-order valence-electron chi connectivity index (χ2n) is 7.85. The molecule has 1 N–H and O–H groups in total. The minimum absolute atomic E-state index is 0.0475. The number of hydrogen-bond donors (Lipinski definition) is 1. The molecule has 5 aromatic rings. The Morgan fingerprint density at radius 3 is 2.20 bits per heavy atom. The maximum atomic E-state index is 13.0. The molecule has 0 aliphatic carbocycles. The van der Waals surface area contributed by atoms with Crippen molar-refractivity contribution in [3.63, 3.8) is 0 Å². The van der Waals surface area contributed by atoms with Gasteiger partial charge in [-0.2, -0.15) is 0 Å². The molecule has 35 heavy (non-hydrogen) atoms. The fraction of sp³-hybridized carbons (Fsp3) is 0.0690. The molecule has 0 atom stereocenters. The molecule has 6 nitrogen and oxygen atoms in total. The number of benzene rings is 4. The summed E-state index contributed by atoms with van der Waals surface area (Å²) in [6.07, 6.45) is 0. The Morgan fingerprint density at radius 1 is 0.800 bits per heavy atom. The summed E-state index contributed by atoms with van der Waals surface area (Å²) in [5.41, 5.74) is 2.07. The van der Waals surface area contributed by atoms with E-state index in [1.165, 1.54) is 0 Å². The first-order valence-corrected chi connectivity index (χ1v) is 11.0. The average molecular weight is 466 g/mol. The molecule has 5 rings (SSSR count). The maximum Gasteiger partial charge on any atom is 0.380 e. The number of aromatic hydroxyl groups is 1. The van der Waals surface area contributed by atoms with Crippen LogP contribution in [0.4, 0.5) is 0 Å². The zero-order valence-electron chi connectivity index (χ0n) is 18.9. The lowest BCUT2D eigenvalue weighted by Gasteiger charge is -2.14. The van der Waals surface area contributed by atoms with Crippen molar-refractivity contribution < 1.29 is 23.7 Å². The van der Waals surface area contributed by atoms with Crippen LogP contribution in [0.3, 0.4) is 0 Å². The largest absolute Gasteiger partial charge is 0.508 e. The van der Waals surface area contributed by atoms with E-state index in [0.717, 1.165) is 5.56 Å². The molecule has 0 radical (unpaired) electrons. The zero-order valence-corrected chi connectivity index (χ0v) is 18.9. The predicted molar refractivity (Wildman–Crippen MR) is 133 cm³/mol. The van der Waals surface area contributed by atoms with E-state index in [1.807, 2.05) is 36.4 Å². The van der Waals surface area contributed by atoms with Crippen molar-refractivity contribution >= 4 is 11.0 Å². The van der Waals surface area contributed by atoms with Gasteiger partial charge in [0.15, 0.2) is 0 Å². The Hall–Kier alpha value is -4.71. The van der Waals surface area contributed by atoms with E-state index in [2.05, 4.69) is 0 Å². The molecule has 0 bridgehead atoms. The van der Waals surface area contributed by atoms with Crippen LogP contribution in [0.25, 0.3) is 22.1 Å². The minimum atomic E-state index is -0.627. The van der Waals surface area contributed by atoms with E-state index in [0.29, 0.717) is 46.0 Å². The van der Waals surface area contributed by atoms with Crippen molar-refractivity contribution in [1.29, 1.82) is 0 Å². The van der Waals surface area contributed by atoms with Crippen LogP contribution in [-0.2, 0) is 6.61 Å². The van der Waals surface area contributed by atoms with Gasteiger partial charge >= 0.3 is 5.63 Å².